The van der Waals surface area contributed by atoms with E-state index < -0.39 is 6.29 Å². The summed E-state index contributed by atoms with van der Waals surface area (Å²) in [7, 11) is 0. The predicted octanol–water partition coefficient (Wildman–Crippen LogP) is 3.66. The molecule has 2 aliphatic heterocycles. The standard InChI is InChI=1S/C32H34N4O5/c37-20-22-7-9-23(10-8-22)30-15-26(19-36-14-13-25(38)18-36)40-32(41-30)24-11-5-21(6-12-24)16-34-31(39)29-17-33-27-3-1-2-4-28(27)35-29/h1-12,17,25-26,30,32,37-38H,13-16,18-20H2,(H,34,39)/t25-,26-,30+,32+/m0/s1. The van der Waals surface area contributed by atoms with Crippen LogP contribution in [-0.4, -0.2) is 62.8 Å². The summed E-state index contributed by atoms with van der Waals surface area (Å²) in [6.45, 7) is 2.59. The van der Waals surface area contributed by atoms with Gasteiger partial charge >= 0.3 is 0 Å². The van der Waals surface area contributed by atoms with Crippen molar-refractivity contribution in [1.29, 1.82) is 0 Å². The average molecular weight is 555 g/mol. The summed E-state index contributed by atoms with van der Waals surface area (Å²) < 4.78 is 12.9. The lowest BCUT2D eigenvalue weighted by molar-refractivity contribution is -0.252. The predicted molar refractivity (Wildman–Crippen MR) is 153 cm³/mol. The molecule has 0 unspecified atom stereocenters. The van der Waals surface area contributed by atoms with Crippen LogP contribution in [0, 0.1) is 0 Å². The molecule has 3 N–H and O–H groups in total. The Labute approximate surface area is 238 Å². The van der Waals surface area contributed by atoms with Crippen molar-refractivity contribution < 1.29 is 24.5 Å². The van der Waals surface area contributed by atoms with Gasteiger partial charge in [0.15, 0.2) is 6.29 Å². The molecule has 41 heavy (non-hydrogen) atoms. The summed E-state index contributed by atoms with van der Waals surface area (Å²) >= 11 is 0. The number of aromatic nitrogens is 2. The number of aliphatic hydroxyl groups excluding tert-OH is 2. The van der Waals surface area contributed by atoms with E-state index >= 15 is 0 Å². The molecular formula is C32H34N4O5. The van der Waals surface area contributed by atoms with Crippen molar-refractivity contribution in [3.63, 3.8) is 0 Å². The van der Waals surface area contributed by atoms with Gasteiger partial charge in [-0.1, -0.05) is 60.7 Å². The van der Waals surface area contributed by atoms with Crippen molar-refractivity contribution >= 4 is 16.9 Å². The van der Waals surface area contributed by atoms with Gasteiger partial charge in [0.25, 0.3) is 5.91 Å². The molecule has 2 fully saturated rings. The lowest BCUT2D eigenvalue weighted by Gasteiger charge is -2.37. The number of ether oxygens (including phenoxy) is 2. The molecule has 212 valence electrons. The number of carbonyl (C=O) groups excluding carboxylic acids is 1. The number of carbonyl (C=O) groups is 1. The number of rotatable bonds is 8. The highest BCUT2D eigenvalue weighted by Crippen LogP contribution is 2.38. The Balaban J connectivity index is 1.12. The summed E-state index contributed by atoms with van der Waals surface area (Å²) in [5.74, 6) is -0.281. The van der Waals surface area contributed by atoms with Crippen molar-refractivity contribution in [2.45, 2.75) is 50.6 Å². The number of benzene rings is 3. The zero-order valence-corrected chi connectivity index (χ0v) is 22.7. The van der Waals surface area contributed by atoms with Crippen LogP contribution < -0.4 is 5.32 Å². The van der Waals surface area contributed by atoms with Gasteiger partial charge < -0.3 is 25.0 Å². The van der Waals surface area contributed by atoms with Crippen LogP contribution in [0.2, 0.25) is 0 Å². The maximum absolute atomic E-state index is 12.7. The van der Waals surface area contributed by atoms with Crippen LogP contribution in [-0.2, 0) is 22.6 Å². The number of para-hydroxylation sites is 2. The molecule has 3 aromatic carbocycles. The average Bonchev–Trinajstić information content (AvgIpc) is 3.43. The summed E-state index contributed by atoms with van der Waals surface area (Å²) in [6, 6.07) is 23.1. The van der Waals surface area contributed by atoms with Gasteiger partial charge in [0.1, 0.15) is 5.69 Å². The molecule has 9 heteroatoms. The number of β-amino-alcohol motifs (C(OH)–C–C–N with tert-alkyl or cyclic N) is 1. The first-order chi connectivity index (χ1) is 20.0. The SMILES string of the molecule is O=C(NCc1ccc([C@@H]2O[C@H](CN3CC[C@H](O)C3)C[C@H](c3ccc(CO)cc3)O2)cc1)c1cnc2ccccc2n1. The fourth-order valence-corrected chi connectivity index (χ4v) is 5.43. The van der Waals surface area contributed by atoms with Gasteiger partial charge in [-0.25, -0.2) is 4.98 Å². The summed E-state index contributed by atoms with van der Waals surface area (Å²) in [5, 5.41) is 22.3. The van der Waals surface area contributed by atoms with Crippen LogP contribution in [0.15, 0.2) is 79.0 Å². The normalized spacial score (nSPS) is 23.1. The van der Waals surface area contributed by atoms with E-state index in [9.17, 15) is 15.0 Å². The Kier molecular flexibility index (Phi) is 8.31. The Morgan fingerprint density at radius 2 is 1.68 bits per heavy atom. The molecule has 0 saturated carbocycles. The first-order valence-electron chi connectivity index (χ1n) is 14.0. The van der Waals surface area contributed by atoms with Crippen molar-refractivity contribution in [1.82, 2.24) is 20.2 Å². The second kappa shape index (κ2) is 12.4. The van der Waals surface area contributed by atoms with Gasteiger partial charge in [0, 0.05) is 38.2 Å². The summed E-state index contributed by atoms with van der Waals surface area (Å²) in [4.78, 5) is 23.7. The molecule has 0 spiro atoms. The Morgan fingerprint density at radius 1 is 0.951 bits per heavy atom. The van der Waals surface area contributed by atoms with Crippen molar-refractivity contribution in [2.24, 2.45) is 0 Å². The lowest BCUT2D eigenvalue weighted by Crippen LogP contribution is -2.38. The molecule has 6 rings (SSSR count). The van der Waals surface area contributed by atoms with Crippen LogP contribution in [0.5, 0.6) is 0 Å². The highest BCUT2D eigenvalue weighted by Gasteiger charge is 2.34. The zero-order valence-electron chi connectivity index (χ0n) is 22.7. The van der Waals surface area contributed by atoms with E-state index in [1.807, 2.05) is 72.8 Å². The van der Waals surface area contributed by atoms with Crippen LogP contribution in [0.25, 0.3) is 11.0 Å². The van der Waals surface area contributed by atoms with E-state index in [1.54, 1.807) is 0 Å². The highest BCUT2D eigenvalue weighted by molar-refractivity contribution is 5.93. The molecule has 9 nitrogen and oxygen atoms in total. The van der Waals surface area contributed by atoms with Crippen molar-refractivity contribution in [3.8, 4) is 0 Å². The highest BCUT2D eigenvalue weighted by atomic mass is 16.7. The minimum atomic E-state index is -0.555. The van der Waals surface area contributed by atoms with Crippen LogP contribution in [0.1, 0.15) is 58.0 Å². The van der Waals surface area contributed by atoms with Gasteiger partial charge in [-0.15, -0.1) is 0 Å². The lowest BCUT2D eigenvalue weighted by atomic mass is 9.99. The van der Waals surface area contributed by atoms with Crippen molar-refractivity contribution in [3.05, 3.63) is 107 Å². The fourth-order valence-electron chi connectivity index (χ4n) is 5.43. The molecule has 0 radical (unpaired) electrons. The van der Waals surface area contributed by atoms with Gasteiger partial charge in [0.05, 0.1) is 42.1 Å². The van der Waals surface area contributed by atoms with E-state index in [0.717, 1.165) is 47.3 Å². The molecule has 4 atom stereocenters. The van der Waals surface area contributed by atoms with Crippen molar-refractivity contribution in [2.75, 3.05) is 19.6 Å². The van der Waals surface area contributed by atoms with Gasteiger partial charge in [-0.05, 0) is 35.2 Å². The van der Waals surface area contributed by atoms with Crippen LogP contribution >= 0.6 is 0 Å². The minimum absolute atomic E-state index is 0.0000866. The molecule has 3 heterocycles. The number of hydrogen-bond acceptors (Lipinski definition) is 8. The largest absolute Gasteiger partial charge is 0.392 e. The third kappa shape index (κ3) is 6.61. The Bertz CT molecular complexity index is 1480. The molecule has 0 aliphatic carbocycles. The molecule has 1 aromatic heterocycles. The third-order valence-electron chi connectivity index (χ3n) is 7.71. The molecule has 4 aromatic rings. The maximum atomic E-state index is 12.7. The van der Waals surface area contributed by atoms with E-state index in [4.69, 9.17) is 9.47 Å². The van der Waals surface area contributed by atoms with Gasteiger partial charge in [0.2, 0.25) is 0 Å². The molecule has 0 bridgehead atoms. The molecular weight excluding hydrogens is 520 g/mol. The number of likely N-dealkylation sites (tertiary alicyclic amines) is 1. The number of aliphatic hydroxyl groups is 2. The van der Waals surface area contributed by atoms with Crippen LogP contribution in [0.4, 0.5) is 0 Å². The number of fused-ring (bicyclic) bond motifs is 1. The first-order valence-corrected chi connectivity index (χ1v) is 14.0. The minimum Gasteiger partial charge on any atom is -0.392 e. The third-order valence-corrected chi connectivity index (χ3v) is 7.71. The quantitative estimate of drug-likeness (QED) is 0.302. The van der Waals surface area contributed by atoms with E-state index in [0.29, 0.717) is 25.0 Å². The van der Waals surface area contributed by atoms with Gasteiger partial charge in [-0.3, -0.25) is 14.7 Å². The molecule has 2 saturated heterocycles. The Hall–Kier alpha value is -3.73. The number of hydrogen-bond donors (Lipinski definition) is 3. The second-order valence-electron chi connectivity index (χ2n) is 10.7. The monoisotopic (exact) mass is 554 g/mol. The maximum Gasteiger partial charge on any atom is 0.271 e. The number of nitrogens with zero attached hydrogens (tertiary/aromatic N) is 3. The van der Waals surface area contributed by atoms with E-state index in [-0.39, 0.29) is 36.5 Å². The topological polar surface area (TPSA) is 117 Å². The second-order valence-corrected chi connectivity index (χ2v) is 10.7. The van der Waals surface area contributed by atoms with Gasteiger partial charge in [-0.2, -0.15) is 0 Å². The Morgan fingerprint density at radius 3 is 2.41 bits per heavy atom. The smallest absolute Gasteiger partial charge is 0.271 e. The summed E-state index contributed by atoms with van der Waals surface area (Å²) in [6.07, 6.45) is 1.90. The van der Waals surface area contributed by atoms with E-state index in [2.05, 4.69) is 20.2 Å². The zero-order chi connectivity index (χ0) is 28.2. The number of amides is 1. The fraction of sp³-hybridized carbons (Fsp3) is 0.344. The molecule has 1 amide bonds. The van der Waals surface area contributed by atoms with E-state index in [1.165, 1.54) is 6.20 Å². The van der Waals surface area contributed by atoms with Crippen LogP contribution in [0.3, 0.4) is 0 Å². The first kappa shape index (κ1) is 27.4. The number of nitrogens with one attached hydrogen (secondary N) is 1. The summed E-state index contributed by atoms with van der Waals surface area (Å²) in [5.41, 5.74) is 5.43. The molecule has 2 aliphatic rings.